The largest absolute Gasteiger partial charge is 0.462 e. The highest BCUT2D eigenvalue weighted by atomic mass is 16.5. The summed E-state index contributed by atoms with van der Waals surface area (Å²) in [4.78, 5) is 38.7. The molecule has 1 fully saturated rings. The normalized spacial score (nSPS) is 16.2. The molecule has 152 valence electrons. The van der Waals surface area contributed by atoms with Gasteiger partial charge in [-0.3, -0.25) is 9.59 Å². The molecule has 0 saturated carbocycles. The molecule has 6 heteroatoms. The van der Waals surface area contributed by atoms with E-state index < -0.39 is 5.92 Å². The number of ether oxygens (including phenoxy) is 1. The number of anilines is 2. The van der Waals surface area contributed by atoms with Gasteiger partial charge in [-0.2, -0.15) is 0 Å². The van der Waals surface area contributed by atoms with E-state index in [1.807, 2.05) is 45.0 Å². The molecule has 29 heavy (non-hydrogen) atoms. The van der Waals surface area contributed by atoms with Crippen LogP contribution in [0.5, 0.6) is 0 Å². The number of esters is 1. The van der Waals surface area contributed by atoms with E-state index >= 15 is 0 Å². The molecular formula is C23H26N2O4. The molecule has 0 aliphatic carbocycles. The number of carbonyl (C=O) groups excluding carboxylic acids is 3. The third-order valence-corrected chi connectivity index (χ3v) is 4.84. The van der Waals surface area contributed by atoms with Gasteiger partial charge in [0.1, 0.15) is 0 Å². The van der Waals surface area contributed by atoms with Crippen LogP contribution in [0.4, 0.5) is 11.4 Å². The Kier molecular flexibility index (Phi) is 6.32. The minimum atomic E-state index is -0.419. The lowest BCUT2D eigenvalue weighted by Gasteiger charge is -2.19. The number of para-hydroxylation sites is 1. The Labute approximate surface area is 170 Å². The van der Waals surface area contributed by atoms with Crippen LogP contribution in [0.3, 0.4) is 0 Å². The topological polar surface area (TPSA) is 75.7 Å². The van der Waals surface area contributed by atoms with Gasteiger partial charge in [-0.1, -0.05) is 32.0 Å². The van der Waals surface area contributed by atoms with E-state index in [4.69, 9.17) is 4.74 Å². The molecule has 1 atom stereocenters. The molecule has 1 aliphatic heterocycles. The van der Waals surface area contributed by atoms with E-state index in [2.05, 4.69) is 5.32 Å². The van der Waals surface area contributed by atoms with E-state index in [-0.39, 0.29) is 30.1 Å². The Morgan fingerprint density at radius 3 is 2.48 bits per heavy atom. The fourth-order valence-electron chi connectivity index (χ4n) is 3.24. The Hall–Kier alpha value is -3.15. The molecule has 1 saturated heterocycles. The summed E-state index contributed by atoms with van der Waals surface area (Å²) >= 11 is 0. The molecule has 3 rings (SSSR count). The van der Waals surface area contributed by atoms with Crippen molar-refractivity contribution in [1.82, 2.24) is 0 Å². The maximum Gasteiger partial charge on any atom is 0.338 e. The number of hydrogen-bond donors (Lipinski definition) is 1. The zero-order valence-corrected chi connectivity index (χ0v) is 17.0. The lowest BCUT2D eigenvalue weighted by Crippen LogP contribution is -2.28. The maximum absolute atomic E-state index is 12.6. The van der Waals surface area contributed by atoms with Crippen molar-refractivity contribution in [1.29, 1.82) is 0 Å². The summed E-state index contributed by atoms with van der Waals surface area (Å²) in [7, 11) is 0. The van der Waals surface area contributed by atoms with Gasteiger partial charge in [-0.05, 0) is 48.7 Å². The van der Waals surface area contributed by atoms with Gasteiger partial charge in [0.2, 0.25) is 11.8 Å². The first-order valence-electron chi connectivity index (χ1n) is 9.79. The highest BCUT2D eigenvalue weighted by Crippen LogP contribution is 2.28. The number of nitrogens with one attached hydrogen (secondary N) is 1. The SMILES string of the molecule is Cc1ccccc1N1C[C@H](C(=O)Nc2ccc(C(=O)OCC(C)C)cc2)CC1=O. The van der Waals surface area contributed by atoms with Crippen LogP contribution in [0, 0.1) is 18.8 Å². The van der Waals surface area contributed by atoms with Gasteiger partial charge in [-0.25, -0.2) is 4.79 Å². The molecular weight excluding hydrogens is 368 g/mol. The quantitative estimate of drug-likeness (QED) is 0.756. The van der Waals surface area contributed by atoms with E-state index in [0.717, 1.165) is 11.3 Å². The summed E-state index contributed by atoms with van der Waals surface area (Å²) in [6, 6.07) is 14.2. The highest BCUT2D eigenvalue weighted by molar-refractivity contribution is 6.04. The van der Waals surface area contributed by atoms with Crippen LogP contribution in [0.1, 0.15) is 36.2 Å². The number of rotatable bonds is 6. The molecule has 0 spiro atoms. The van der Waals surface area contributed by atoms with Crippen molar-refractivity contribution in [2.24, 2.45) is 11.8 Å². The second kappa shape index (κ2) is 8.90. The number of aryl methyl sites for hydroxylation is 1. The summed E-state index contributed by atoms with van der Waals surface area (Å²) < 4.78 is 5.20. The average molecular weight is 394 g/mol. The standard InChI is InChI=1S/C23H26N2O4/c1-15(2)14-29-23(28)17-8-10-19(11-9-17)24-22(27)18-12-21(26)25(13-18)20-7-5-4-6-16(20)3/h4-11,15,18H,12-14H2,1-3H3,(H,24,27)/t18-/m1/s1. The molecule has 1 heterocycles. The zero-order chi connectivity index (χ0) is 21.0. The molecule has 2 amide bonds. The second-order valence-electron chi connectivity index (χ2n) is 7.75. The van der Waals surface area contributed by atoms with E-state index in [9.17, 15) is 14.4 Å². The van der Waals surface area contributed by atoms with Crippen molar-refractivity contribution in [3.8, 4) is 0 Å². The Bertz CT molecular complexity index is 905. The molecule has 0 aromatic heterocycles. The number of nitrogens with zero attached hydrogens (tertiary/aromatic N) is 1. The molecule has 1 N–H and O–H groups in total. The number of hydrogen-bond acceptors (Lipinski definition) is 4. The molecule has 0 unspecified atom stereocenters. The van der Waals surface area contributed by atoms with Crippen LogP contribution in [-0.2, 0) is 14.3 Å². The fourth-order valence-corrected chi connectivity index (χ4v) is 3.24. The Morgan fingerprint density at radius 1 is 1.14 bits per heavy atom. The van der Waals surface area contributed by atoms with E-state index in [1.54, 1.807) is 29.2 Å². The predicted molar refractivity (Wildman–Crippen MR) is 112 cm³/mol. The van der Waals surface area contributed by atoms with E-state index in [1.165, 1.54) is 0 Å². The van der Waals surface area contributed by atoms with Crippen molar-refractivity contribution >= 4 is 29.2 Å². The van der Waals surface area contributed by atoms with Crippen molar-refractivity contribution < 1.29 is 19.1 Å². The van der Waals surface area contributed by atoms with Crippen molar-refractivity contribution in [2.75, 3.05) is 23.4 Å². The summed E-state index contributed by atoms with van der Waals surface area (Å²) in [5.41, 5.74) is 2.86. The minimum absolute atomic E-state index is 0.0531. The smallest absolute Gasteiger partial charge is 0.338 e. The van der Waals surface area contributed by atoms with Gasteiger partial charge in [0.05, 0.1) is 18.1 Å². The van der Waals surface area contributed by atoms with Gasteiger partial charge in [0.15, 0.2) is 0 Å². The third kappa shape index (κ3) is 5.02. The molecule has 0 radical (unpaired) electrons. The molecule has 6 nitrogen and oxygen atoms in total. The van der Waals surface area contributed by atoms with Gasteiger partial charge in [0, 0.05) is 24.3 Å². The number of carbonyl (C=O) groups is 3. The van der Waals surface area contributed by atoms with Crippen LogP contribution in [0.25, 0.3) is 0 Å². The van der Waals surface area contributed by atoms with E-state index in [0.29, 0.717) is 24.4 Å². The van der Waals surface area contributed by atoms with Gasteiger partial charge >= 0.3 is 5.97 Å². The highest BCUT2D eigenvalue weighted by Gasteiger charge is 2.35. The monoisotopic (exact) mass is 394 g/mol. The van der Waals surface area contributed by atoms with Crippen LogP contribution >= 0.6 is 0 Å². The predicted octanol–water partition coefficient (Wildman–Crippen LogP) is 3.80. The van der Waals surface area contributed by atoms with Crippen LogP contribution in [0.15, 0.2) is 48.5 Å². The lowest BCUT2D eigenvalue weighted by atomic mass is 10.1. The first-order valence-corrected chi connectivity index (χ1v) is 9.79. The molecule has 2 aromatic rings. The van der Waals surface area contributed by atoms with Crippen molar-refractivity contribution in [2.45, 2.75) is 27.2 Å². The first-order chi connectivity index (χ1) is 13.8. The van der Waals surface area contributed by atoms with Crippen molar-refractivity contribution in [3.05, 3.63) is 59.7 Å². The third-order valence-electron chi connectivity index (χ3n) is 4.84. The number of benzene rings is 2. The Balaban J connectivity index is 1.60. The lowest BCUT2D eigenvalue weighted by molar-refractivity contribution is -0.122. The second-order valence-corrected chi connectivity index (χ2v) is 7.75. The number of amides is 2. The van der Waals surface area contributed by atoms with Crippen LogP contribution in [0.2, 0.25) is 0 Å². The summed E-state index contributed by atoms with van der Waals surface area (Å²) in [5.74, 6) is -0.789. The van der Waals surface area contributed by atoms with Crippen LogP contribution in [-0.4, -0.2) is 30.9 Å². The summed E-state index contributed by atoms with van der Waals surface area (Å²) in [5, 5.41) is 2.84. The Morgan fingerprint density at radius 2 is 1.83 bits per heavy atom. The summed E-state index contributed by atoms with van der Waals surface area (Å²) in [6.07, 6.45) is 0.180. The zero-order valence-electron chi connectivity index (χ0n) is 17.0. The van der Waals surface area contributed by atoms with Crippen LogP contribution < -0.4 is 10.2 Å². The average Bonchev–Trinajstić information content (AvgIpc) is 3.08. The first kappa shape index (κ1) is 20.6. The van der Waals surface area contributed by atoms with Gasteiger partial charge in [0.25, 0.3) is 0 Å². The molecule has 0 bridgehead atoms. The summed E-state index contributed by atoms with van der Waals surface area (Å²) in [6.45, 7) is 6.61. The molecule has 2 aromatic carbocycles. The van der Waals surface area contributed by atoms with Crippen molar-refractivity contribution in [3.63, 3.8) is 0 Å². The van der Waals surface area contributed by atoms with Gasteiger partial charge < -0.3 is 15.0 Å². The maximum atomic E-state index is 12.6. The fraction of sp³-hybridized carbons (Fsp3) is 0.348. The van der Waals surface area contributed by atoms with Gasteiger partial charge in [-0.15, -0.1) is 0 Å². The molecule has 1 aliphatic rings. The minimum Gasteiger partial charge on any atom is -0.462 e.